The normalized spacial score (nSPS) is 13.5. The number of nitrogens with one attached hydrogen (secondary N) is 1. The maximum atomic E-state index is 7.29. The molecule has 0 aliphatic rings. The Morgan fingerprint density at radius 2 is 1.91 bits per heavy atom. The number of rotatable bonds is 3. The lowest BCUT2D eigenvalue weighted by Gasteiger charge is -2.02. The van der Waals surface area contributed by atoms with Gasteiger partial charge in [-0.3, -0.25) is 0 Å². The van der Waals surface area contributed by atoms with Crippen molar-refractivity contribution in [2.24, 2.45) is 0 Å². The summed E-state index contributed by atoms with van der Waals surface area (Å²) in [5.74, 6) is 0. The van der Waals surface area contributed by atoms with E-state index in [0.29, 0.717) is 5.71 Å². The molecule has 0 unspecified atom stereocenters. The molecule has 0 atom stereocenters. The minimum atomic E-state index is 0.628. The quantitative estimate of drug-likeness (QED) is 0.472. The summed E-state index contributed by atoms with van der Waals surface area (Å²) in [6, 6.07) is 0. The van der Waals surface area contributed by atoms with E-state index in [1.165, 1.54) is 11.1 Å². The minimum absolute atomic E-state index is 0.628. The molecule has 1 nitrogen and oxygen atoms in total. The Labute approximate surface area is 69.3 Å². The zero-order valence-corrected chi connectivity index (χ0v) is 7.86. The molecule has 0 spiro atoms. The van der Waals surface area contributed by atoms with Gasteiger partial charge in [0.1, 0.15) is 0 Å². The van der Waals surface area contributed by atoms with Crippen molar-refractivity contribution in [2.75, 3.05) is 0 Å². The van der Waals surface area contributed by atoms with Crippen LogP contribution in [0.25, 0.3) is 0 Å². The molecule has 0 aliphatic heterocycles. The standard InChI is InChI=1S/C10H17N/c1-5-8(3)10(6-2)7-9(4)11/h5,7,11H,6H2,1-4H3/b8-5-,10-7-,11-9?. The molecule has 0 aromatic heterocycles. The first-order valence-corrected chi connectivity index (χ1v) is 4.00. The van der Waals surface area contributed by atoms with Crippen LogP contribution in [0, 0.1) is 5.41 Å². The molecule has 0 amide bonds. The highest BCUT2D eigenvalue weighted by Crippen LogP contribution is 2.12. The van der Waals surface area contributed by atoms with Crippen molar-refractivity contribution in [3.8, 4) is 0 Å². The van der Waals surface area contributed by atoms with Gasteiger partial charge in [0.2, 0.25) is 0 Å². The van der Waals surface area contributed by atoms with Gasteiger partial charge in [-0.05, 0) is 38.8 Å². The predicted molar refractivity (Wildman–Crippen MR) is 51.2 cm³/mol. The highest BCUT2D eigenvalue weighted by Gasteiger charge is 1.95. The van der Waals surface area contributed by atoms with Gasteiger partial charge in [0.05, 0.1) is 0 Å². The fourth-order valence-corrected chi connectivity index (χ4v) is 0.941. The van der Waals surface area contributed by atoms with Gasteiger partial charge >= 0.3 is 0 Å². The van der Waals surface area contributed by atoms with Crippen molar-refractivity contribution in [1.29, 1.82) is 5.41 Å². The summed E-state index contributed by atoms with van der Waals surface area (Å²) in [4.78, 5) is 0. The van der Waals surface area contributed by atoms with E-state index >= 15 is 0 Å². The molecule has 0 saturated carbocycles. The highest BCUT2D eigenvalue weighted by atomic mass is 14.4. The van der Waals surface area contributed by atoms with E-state index in [9.17, 15) is 0 Å². The van der Waals surface area contributed by atoms with Crippen molar-refractivity contribution < 1.29 is 0 Å². The molecule has 0 radical (unpaired) electrons. The Hall–Kier alpha value is -0.850. The number of hydrogen-bond acceptors (Lipinski definition) is 1. The van der Waals surface area contributed by atoms with E-state index in [1.54, 1.807) is 6.92 Å². The summed E-state index contributed by atoms with van der Waals surface area (Å²) in [7, 11) is 0. The molecule has 62 valence electrons. The maximum absolute atomic E-state index is 7.29. The van der Waals surface area contributed by atoms with Gasteiger partial charge in [0, 0.05) is 5.71 Å². The van der Waals surface area contributed by atoms with E-state index in [1.807, 2.05) is 13.0 Å². The van der Waals surface area contributed by atoms with Crippen LogP contribution in [0.1, 0.15) is 34.1 Å². The van der Waals surface area contributed by atoms with Crippen LogP contribution in [0.15, 0.2) is 23.3 Å². The fourth-order valence-electron chi connectivity index (χ4n) is 0.941. The predicted octanol–water partition coefficient (Wildman–Crippen LogP) is 3.33. The molecule has 0 saturated heterocycles. The van der Waals surface area contributed by atoms with Crippen molar-refractivity contribution in [3.63, 3.8) is 0 Å². The van der Waals surface area contributed by atoms with E-state index in [-0.39, 0.29) is 0 Å². The lowest BCUT2D eigenvalue weighted by molar-refractivity contribution is 1.10. The summed E-state index contributed by atoms with van der Waals surface area (Å²) in [5.41, 5.74) is 3.17. The van der Waals surface area contributed by atoms with E-state index < -0.39 is 0 Å². The Balaban J connectivity index is 4.53. The van der Waals surface area contributed by atoms with Gasteiger partial charge in [-0.2, -0.15) is 0 Å². The smallest absolute Gasteiger partial charge is 0.0285 e. The Morgan fingerprint density at radius 3 is 2.18 bits per heavy atom. The van der Waals surface area contributed by atoms with Crippen LogP contribution in [-0.2, 0) is 0 Å². The lowest BCUT2D eigenvalue weighted by atomic mass is 10.0. The fraction of sp³-hybridized carbons (Fsp3) is 0.500. The average molecular weight is 151 g/mol. The van der Waals surface area contributed by atoms with Gasteiger partial charge in [0.25, 0.3) is 0 Å². The van der Waals surface area contributed by atoms with Crippen molar-refractivity contribution in [2.45, 2.75) is 34.1 Å². The molecule has 0 aromatic rings. The molecule has 11 heavy (non-hydrogen) atoms. The molecule has 0 bridgehead atoms. The maximum Gasteiger partial charge on any atom is 0.0285 e. The third-order valence-corrected chi connectivity index (χ3v) is 1.71. The molecule has 0 fully saturated rings. The highest BCUT2D eigenvalue weighted by molar-refractivity contribution is 5.91. The van der Waals surface area contributed by atoms with Gasteiger partial charge < -0.3 is 5.41 Å². The first kappa shape index (κ1) is 10.2. The molecule has 0 rings (SSSR count). The molecular formula is C10H17N. The van der Waals surface area contributed by atoms with Gasteiger partial charge in [-0.25, -0.2) is 0 Å². The molecule has 1 N–H and O–H groups in total. The summed E-state index contributed by atoms with van der Waals surface area (Å²) >= 11 is 0. The summed E-state index contributed by atoms with van der Waals surface area (Å²) < 4.78 is 0. The third kappa shape index (κ3) is 3.76. The topological polar surface area (TPSA) is 23.9 Å². The molecule has 0 aromatic carbocycles. The van der Waals surface area contributed by atoms with Crippen LogP contribution in [0.2, 0.25) is 0 Å². The van der Waals surface area contributed by atoms with Gasteiger partial charge in [-0.1, -0.05) is 18.6 Å². The third-order valence-electron chi connectivity index (χ3n) is 1.71. The largest absolute Gasteiger partial charge is 0.306 e. The second kappa shape index (κ2) is 4.89. The second-order valence-corrected chi connectivity index (χ2v) is 2.68. The number of allylic oxidation sites excluding steroid dienone is 4. The van der Waals surface area contributed by atoms with Gasteiger partial charge in [-0.15, -0.1) is 0 Å². The Kier molecular flexibility index (Phi) is 4.51. The van der Waals surface area contributed by atoms with Crippen LogP contribution in [0.5, 0.6) is 0 Å². The van der Waals surface area contributed by atoms with Crippen molar-refractivity contribution in [3.05, 3.63) is 23.3 Å². The second-order valence-electron chi connectivity index (χ2n) is 2.68. The van der Waals surface area contributed by atoms with Crippen LogP contribution in [-0.4, -0.2) is 5.71 Å². The first-order chi connectivity index (χ1) is 5.11. The molecule has 0 aliphatic carbocycles. The molecular weight excluding hydrogens is 134 g/mol. The van der Waals surface area contributed by atoms with E-state index in [2.05, 4.69) is 19.9 Å². The van der Waals surface area contributed by atoms with Crippen LogP contribution < -0.4 is 0 Å². The van der Waals surface area contributed by atoms with Gasteiger partial charge in [0.15, 0.2) is 0 Å². The van der Waals surface area contributed by atoms with Crippen molar-refractivity contribution >= 4 is 5.71 Å². The molecule has 0 heterocycles. The SMILES string of the molecule is C/C=C(C)\C(=C/C(C)=N)CC. The van der Waals surface area contributed by atoms with Crippen LogP contribution in [0.3, 0.4) is 0 Å². The summed E-state index contributed by atoms with van der Waals surface area (Å²) in [6.45, 7) is 8.02. The summed E-state index contributed by atoms with van der Waals surface area (Å²) in [6.07, 6.45) is 5.01. The van der Waals surface area contributed by atoms with Crippen LogP contribution in [0.4, 0.5) is 0 Å². The summed E-state index contributed by atoms with van der Waals surface area (Å²) in [5, 5.41) is 7.29. The zero-order valence-electron chi connectivity index (χ0n) is 7.86. The number of hydrogen-bond donors (Lipinski definition) is 1. The lowest BCUT2D eigenvalue weighted by Crippen LogP contribution is -1.88. The van der Waals surface area contributed by atoms with E-state index in [0.717, 1.165) is 6.42 Å². The van der Waals surface area contributed by atoms with Crippen LogP contribution >= 0.6 is 0 Å². The van der Waals surface area contributed by atoms with E-state index in [4.69, 9.17) is 5.41 Å². The Morgan fingerprint density at radius 1 is 1.36 bits per heavy atom. The Bertz CT molecular complexity index is 197. The van der Waals surface area contributed by atoms with Crippen molar-refractivity contribution in [1.82, 2.24) is 0 Å². The first-order valence-electron chi connectivity index (χ1n) is 4.00. The monoisotopic (exact) mass is 151 g/mol. The molecule has 1 heteroatoms. The average Bonchev–Trinajstić information content (AvgIpc) is 1.98. The minimum Gasteiger partial charge on any atom is -0.306 e. The zero-order chi connectivity index (χ0) is 8.85.